The van der Waals surface area contributed by atoms with Crippen LogP contribution in [-0.4, -0.2) is 17.3 Å². The van der Waals surface area contributed by atoms with E-state index in [2.05, 4.69) is 27.4 Å². The number of aliphatic hydroxyl groups excluding tert-OH is 1. The standard InChI is InChI=1S/C14H26O2/c1-9(2)13-7-6-10(3)8-14(13)16-12(5)11(4)15/h9-11,13-15H,5-8H2,1-4H3/t10?,11-,13?,14?/m0/s1. The zero-order valence-electron chi connectivity index (χ0n) is 11.1. The highest BCUT2D eigenvalue weighted by Gasteiger charge is 2.32. The second kappa shape index (κ2) is 5.72. The summed E-state index contributed by atoms with van der Waals surface area (Å²) in [6.07, 6.45) is 3.30. The van der Waals surface area contributed by atoms with Crippen LogP contribution in [0.3, 0.4) is 0 Å². The Morgan fingerprint density at radius 2 is 1.94 bits per heavy atom. The molecule has 0 aliphatic heterocycles. The Morgan fingerprint density at radius 1 is 1.31 bits per heavy atom. The zero-order valence-corrected chi connectivity index (χ0v) is 11.1. The lowest BCUT2D eigenvalue weighted by molar-refractivity contribution is -0.0223. The highest BCUT2D eigenvalue weighted by atomic mass is 16.5. The third-order valence-corrected chi connectivity index (χ3v) is 3.73. The summed E-state index contributed by atoms with van der Waals surface area (Å²) >= 11 is 0. The van der Waals surface area contributed by atoms with Crippen LogP contribution in [0.1, 0.15) is 47.0 Å². The van der Waals surface area contributed by atoms with Crippen molar-refractivity contribution in [3.63, 3.8) is 0 Å². The van der Waals surface area contributed by atoms with Gasteiger partial charge >= 0.3 is 0 Å². The molecule has 94 valence electrons. The average molecular weight is 226 g/mol. The summed E-state index contributed by atoms with van der Waals surface area (Å²) < 4.78 is 5.85. The van der Waals surface area contributed by atoms with Gasteiger partial charge in [-0.25, -0.2) is 0 Å². The predicted molar refractivity (Wildman–Crippen MR) is 67.0 cm³/mol. The molecule has 4 atom stereocenters. The van der Waals surface area contributed by atoms with Crippen molar-refractivity contribution in [3.8, 4) is 0 Å². The van der Waals surface area contributed by atoms with E-state index in [9.17, 15) is 5.11 Å². The first-order chi connectivity index (χ1) is 7.41. The van der Waals surface area contributed by atoms with Crippen molar-refractivity contribution in [1.29, 1.82) is 0 Å². The molecule has 1 rings (SSSR count). The third kappa shape index (κ3) is 3.51. The lowest BCUT2D eigenvalue weighted by Crippen LogP contribution is -2.35. The molecular weight excluding hydrogens is 200 g/mol. The van der Waals surface area contributed by atoms with Gasteiger partial charge in [0.05, 0.1) is 0 Å². The number of aliphatic hydroxyl groups is 1. The second-order valence-electron chi connectivity index (χ2n) is 5.62. The molecule has 1 fully saturated rings. The summed E-state index contributed by atoms with van der Waals surface area (Å²) in [6, 6.07) is 0. The van der Waals surface area contributed by atoms with Gasteiger partial charge in [0.15, 0.2) is 0 Å². The van der Waals surface area contributed by atoms with Crippen molar-refractivity contribution in [2.75, 3.05) is 0 Å². The quantitative estimate of drug-likeness (QED) is 0.745. The molecule has 0 saturated heterocycles. The second-order valence-corrected chi connectivity index (χ2v) is 5.62. The van der Waals surface area contributed by atoms with E-state index in [1.54, 1.807) is 6.92 Å². The lowest BCUT2D eigenvalue weighted by atomic mass is 9.75. The van der Waals surface area contributed by atoms with Gasteiger partial charge in [0.2, 0.25) is 0 Å². The van der Waals surface area contributed by atoms with E-state index in [0.29, 0.717) is 17.6 Å². The van der Waals surface area contributed by atoms with Gasteiger partial charge in [-0.1, -0.05) is 33.8 Å². The van der Waals surface area contributed by atoms with Crippen LogP contribution in [0.5, 0.6) is 0 Å². The highest BCUT2D eigenvalue weighted by Crippen LogP contribution is 2.36. The maximum atomic E-state index is 9.42. The largest absolute Gasteiger partial charge is 0.492 e. The Kier molecular flexibility index (Phi) is 4.85. The molecule has 1 saturated carbocycles. The van der Waals surface area contributed by atoms with Crippen LogP contribution in [0, 0.1) is 17.8 Å². The summed E-state index contributed by atoms with van der Waals surface area (Å²) in [4.78, 5) is 0. The van der Waals surface area contributed by atoms with Crippen LogP contribution in [-0.2, 0) is 4.74 Å². The minimum Gasteiger partial charge on any atom is -0.492 e. The molecule has 1 aliphatic carbocycles. The van der Waals surface area contributed by atoms with Crippen LogP contribution in [0.15, 0.2) is 12.3 Å². The van der Waals surface area contributed by atoms with Gasteiger partial charge in [0.1, 0.15) is 18.0 Å². The van der Waals surface area contributed by atoms with Gasteiger partial charge in [-0.05, 0) is 37.5 Å². The number of hydrogen-bond donors (Lipinski definition) is 1. The Hall–Kier alpha value is -0.500. The molecule has 0 bridgehead atoms. The van der Waals surface area contributed by atoms with Crippen LogP contribution in [0.25, 0.3) is 0 Å². The zero-order chi connectivity index (χ0) is 12.3. The third-order valence-electron chi connectivity index (χ3n) is 3.73. The van der Waals surface area contributed by atoms with Crippen LogP contribution >= 0.6 is 0 Å². The van der Waals surface area contributed by atoms with E-state index < -0.39 is 6.10 Å². The molecule has 0 amide bonds. The molecule has 0 aromatic carbocycles. The molecule has 1 aliphatic rings. The van der Waals surface area contributed by atoms with Crippen LogP contribution < -0.4 is 0 Å². The molecule has 0 spiro atoms. The summed E-state index contributed by atoms with van der Waals surface area (Å²) in [6.45, 7) is 12.3. The Balaban J connectivity index is 2.61. The van der Waals surface area contributed by atoms with Crippen LogP contribution in [0.2, 0.25) is 0 Å². The Bertz CT molecular complexity index is 233. The summed E-state index contributed by atoms with van der Waals surface area (Å²) in [5, 5.41) is 9.42. The lowest BCUT2D eigenvalue weighted by Gasteiger charge is -2.38. The van der Waals surface area contributed by atoms with Crippen molar-refractivity contribution in [2.24, 2.45) is 17.8 Å². The molecule has 0 radical (unpaired) electrons. The SMILES string of the molecule is C=C(OC1CC(C)CCC1C(C)C)[C@H](C)O. The number of rotatable bonds is 4. The normalized spacial score (nSPS) is 32.5. The molecular formula is C14H26O2. The predicted octanol–water partition coefficient (Wildman–Crippen LogP) is 3.36. The minimum atomic E-state index is -0.565. The molecule has 16 heavy (non-hydrogen) atoms. The van der Waals surface area contributed by atoms with Gasteiger partial charge in [0, 0.05) is 0 Å². The molecule has 3 unspecified atom stereocenters. The van der Waals surface area contributed by atoms with E-state index in [-0.39, 0.29) is 6.10 Å². The number of ether oxygens (including phenoxy) is 1. The van der Waals surface area contributed by atoms with E-state index in [4.69, 9.17) is 4.74 Å². The highest BCUT2D eigenvalue weighted by molar-refractivity contribution is 4.93. The minimum absolute atomic E-state index is 0.242. The Labute approximate surface area is 99.7 Å². The first kappa shape index (κ1) is 13.6. The fourth-order valence-corrected chi connectivity index (χ4v) is 2.54. The number of hydrogen-bond acceptors (Lipinski definition) is 2. The van der Waals surface area contributed by atoms with Crippen molar-refractivity contribution in [2.45, 2.75) is 59.2 Å². The van der Waals surface area contributed by atoms with Crippen molar-refractivity contribution in [1.82, 2.24) is 0 Å². The summed E-state index contributed by atoms with van der Waals surface area (Å²) in [5.74, 6) is 2.48. The van der Waals surface area contributed by atoms with Gasteiger partial charge < -0.3 is 9.84 Å². The molecule has 1 N–H and O–H groups in total. The van der Waals surface area contributed by atoms with Crippen molar-refractivity contribution in [3.05, 3.63) is 12.3 Å². The fourth-order valence-electron chi connectivity index (χ4n) is 2.54. The van der Waals surface area contributed by atoms with Gasteiger partial charge in [-0.15, -0.1) is 0 Å². The van der Waals surface area contributed by atoms with Gasteiger partial charge in [-0.3, -0.25) is 0 Å². The summed E-state index contributed by atoms with van der Waals surface area (Å²) in [7, 11) is 0. The molecule has 0 aromatic heterocycles. The maximum Gasteiger partial charge on any atom is 0.117 e. The molecule has 2 nitrogen and oxygen atoms in total. The topological polar surface area (TPSA) is 29.5 Å². The maximum absolute atomic E-state index is 9.42. The fraction of sp³-hybridized carbons (Fsp3) is 0.857. The average Bonchev–Trinajstić information content (AvgIpc) is 2.16. The van der Waals surface area contributed by atoms with Crippen LogP contribution in [0.4, 0.5) is 0 Å². The molecule has 0 heterocycles. The molecule has 0 aromatic rings. The van der Waals surface area contributed by atoms with Gasteiger partial charge in [-0.2, -0.15) is 0 Å². The Morgan fingerprint density at radius 3 is 2.44 bits per heavy atom. The molecule has 2 heteroatoms. The van der Waals surface area contributed by atoms with Gasteiger partial charge in [0.25, 0.3) is 0 Å². The van der Waals surface area contributed by atoms with E-state index in [1.165, 1.54) is 12.8 Å². The smallest absolute Gasteiger partial charge is 0.117 e. The first-order valence-corrected chi connectivity index (χ1v) is 6.45. The summed E-state index contributed by atoms with van der Waals surface area (Å²) in [5.41, 5.74) is 0. The van der Waals surface area contributed by atoms with E-state index >= 15 is 0 Å². The van der Waals surface area contributed by atoms with E-state index in [0.717, 1.165) is 12.3 Å². The monoisotopic (exact) mass is 226 g/mol. The van der Waals surface area contributed by atoms with E-state index in [1.807, 2.05) is 0 Å². The van der Waals surface area contributed by atoms with Crippen molar-refractivity contribution < 1.29 is 9.84 Å². The van der Waals surface area contributed by atoms with Crippen molar-refractivity contribution >= 4 is 0 Å². The first-order valence-electron chi connectivity index (χ1n) is 6.45.